The lowest BCUT2D eigenvalue weighted by Crippen LogP contribution is -2.24. The molecule has 0 spiro atoms. The summed E-state index contributed by atoms with van der Waals surface area (Å²) in [5.74, 6) is 0.0718. The lowest BCUT2D eigenvalue weighted by molar-refractivity contribution is -0.113. The third-order valence-electron chi connectivity index (χ3n) is 4.94. The van der Waals surface area contributed by atoms with E-state index in [9.17, 15) is 14.0 Å². The molecule has 7 nitrogen and oxygen atoms in total. The molecule has 0 saturated carbocycles. The summed E-state index contributed by atoms with van der Waals surface area (Å²) in [7, 11) is 0. The summed E-state index contributed by atoms with van der Waals surface area (Å²) in [6.07, 6.45) is 0.825. The molecule has 0 radical (unpaired) electrons. The first-order chi connectivity index (χ1) is 15.3. The zero-order chi connectivity index (χ0) is 22.8. The first-order valence-corrected chi connectivity index (χ1v) is 11.5. The van der Waals surface area contributed by atoms with Crippen LogP contribution in [0.4, 0.5) is 10.1 Å². The van der Waals surface area contributed by atoms with Gasteiger partial charge in [-0.1, -0.05) is 49.3 Å². The smallest absolute Gasteiger partial charge is 0.262 e. The Morgan fingerprint density at radius 2 is 2.00 bits per heavy atom. The van der Waals surface area contributed by atoms with E-state index in [1.54, 1.807) is 10.6 Å². The molecule has 0 bridgehead atoms. The summed E-state index contributed by atoms with van der Waals surface area (Å²) < 4.78 is 16.8. The van der Waals surface area contributed by atoms with Crippen LogP contribution < -0.4 is 10.9 Å². The molecule has 4 rings (SSSR count). The van der Waals surface area contributed by atoms with Crippen molar-refractivity contribution in [2.75, 3.05) is 11.1 Å². The van der Waals surface area contributed by atoms with Crippen LogP contribution in [0, 0.1) is 11.7 Å². The summed E-state index contributed by atoms with van der Waals surface area (Å²) in [6, 6.07) is 11.3. The Hall–Kier alpha value is -2.91. The summed E-state index contributed by atoms with van der Waals surface area (Å²) in [4.78, 5) is 25.5. The fraction of sp³-hybridized carbons (Fsp3) is 0.273. The van der Waals surface area contributed by atoms with Crippen LogP contribution in [0.15, 0.2) is 52.4 Å². The third-order valence-corrected chi connectivity index (χ3v) is 6.16. The maximum atomic E-state index is 13.3. The largest absolute Gasteiger partial charge is 0.325 e. The van der Waals surface area contributed by atoms with Gasteiger partial charge in [-0.15, -0.1) is 10.2 Å². The van der Waals surface area contributed by atoms with Gasteiger partial charge in [-0.2, -0.15) is 0 Å². The molecule has 1 amide bonds. The molecule has 0 aliphatic rings. The molecule has 10 heteroatoms. The Balaban J connectivity index is 1.64. The minimum Gasteiger partial charge on any atom is -0.325 e. The summed E-state index contributed by atoms with van der Waals surface area (Å²) in [5, 5.41) is 12.2. The quantitative estimate of drug-likeness (QED) is 0.396. The van der Waals surface area contributed by atoms with Gasteiger partial charge < -0.3 is 5.32 Å². The number of anilines is 1. The van der Waals surface area contributed by atoms with Crippen LogP contribution in [0.1, 0.15) is 20.3 Å². The molecular formula is C22H21ClFN5O2S. The van der Waals surface area contributed by atoms with Crippen molar-refractivity contribution < 1.29 is 9.18 Å². The number of para-hydroxylation sites is 1. The highest BCUT2D eigenvalue weighted by atomic mass is 35.5. The maximum absolute atomic E-state index is 13.3. The number of carbonyl (C=O) groups excluding carboxylic acids is 1. The zero-order valence-corrected chi connectivity index (χ0v) is 19.1. The summed E-state index contributed by atoms with van der Waals surface area (Å²) in [6.45, 7) is 4.72. The lowest BCUT2D eigenvalue weighted by Gasteiger charge is -2.12. The van der Waals surface area contributed by atoms with Crippen LogP contribution >= 0.6 is 23.4 Å². The third kappa shape index (κ3) is 4.49. The Morgan fingerprint density at radius 1 is 1.22 bits per heavy atom. The van der Waals surface area contributed by atoms with Crippen LogP contribution in [-0.2, 0) is 11.3 Å². The maximum Gasteiger partial charge on any atom is 0.262 e. The van der Waals surface area contributed by atoms with Crippen LogP contribution in [0.25, 0.3) is 16.7 Å². The number of hydrogen-bond donors (Lipinski definition) is 1. The molecule has 32 heavy (non-hydrogen) atoms. The predicted octanol–water partition coefficient (Wildman–Crippen LogP) is 4.61. The van der Waals surface area contributed by atoms with Crippen LogP contribution in [0.5, 0.6) is 0 Å². The second-order valence-corrected chi connectivity index (χ2v) is 9.09. The molecule has 2 aromatic heterocycles. The number of benzene rings is 2. The van der Waals surface area contributed by atoms with Gasteiger partial charge in [0.15, 0.2) is 5.16 Å². The Morgan fingerprint density at radius 3 is 2.75 bits per heavy atom. The first kappa shape index (κ1) is 22.3. The molecule has 0 atom stereocenters. The second-order valence-electron chi connectivity index (χ2n) is 7.74. The minimum absolute atomic E-state index is 0.0508. The molecule has 166 valence electrons. The second kappa shape index (κ2) is 9.30. The molecule has 2 heterocycles. The Labute approximate surface area is 192 Å². The van der Waals surface area contributed by atoms with Crippen molar-refractivity contribution >= 4 is 51.6 Å². The monoisotopic (exact) mass is 473 g/mol. The predicted molar refractivity (Wildman–Crippen MR) is 125 cm³/mol. The average Bonchev–Trinajstić information content (AvgIpc) is 3.18. The van der Waals surface area contributed by atoms with E-state index in [-0.39, 0.29) is 22.2 Å². The highest BCUT2D eigenvalue weighted by molar-refractivity contribution is 7.99. The van der Waals surface area contributed by atoms with E-state index in [0.717, 1.165) is 6.42 Å². The average molecular weight is 474 g/mol. The topological polar surface area (TPSA) is 81.3 Å². The fourth-order valence-electron chi connectivity index (χ4n) is 3.32. The van der Waals surface area contributed by atoms with Gasteiger partial charge in [0.1, 0.15) is 5.82 Å². The number of nitrogens with one attached hydrogen (secondary N) is 1. The van der Waals surface area contributed by atoms with E-state index in [2.05, 4.69) is 29.4 Å². The van der Waals surface area contributed by atoms with Gasteiger partial charge >= 0.3 is 0 Å². The number of carbonyl (C=O) groups is 1. The standard InChI is InChI=1S/C22H21ClFN5O2S/c1-13(2)9-10-28-20(31)15-5-3-4-6-18(15)29-21(28)26-27-22(29)32-12-19(30)25-14-7-8-17(24)16(23)11-14/h3-8,11,13H,9-10,12H2,1-2H3,(H,25,30). The number of aromatic nitrogens is 4. The molecule has 0 aliphatic carbocycles. The van der Waals surface area contributed by atoms with E-state index in [1.165, 1.54) is 30.0 Å². The molecule has 0 saturated heterocycles. The van der Waals surface area contributed by atoms with Crippen molar-refractivity contribution in [1.82, 2.24) is 19.2 Å². The number of rotatable bonds is 7. The van der Waals surface area contributed by atoms with E-state index in [0.29, 0.717) is 40.0 Å². The molecule has 0 fully saturated rings. The number of thioether (sulfide) groups is 1. The minimum atomic E-state index is -0.552. The van der Waals surface area contributed by atoms with Crippen molar-refractivity contribution in [1.29, 1.82) is 0 Å². The molecule has 4 aromatic rings. The summed E-state index contributed by atoms with van der Waals surface area (Å²) >= 11 is 6.97. The van der Waals surface area contributed by atoms with Gasteiger partial charge in [0.25, 0.3) is 5.56 Å². The molecule has 0 unspecified atom stereocenters. The number of hydrogen-bond acceptors (Lipinski definition) is 5. The van der Waals surface area contributed by atoms with Crippen molar-refractivity contribution in [2.45, 2.75) is 32.0 Å². The normalized spacial score (nSPS) is 11.5. The van der Waals surface area contributed by atoms with Crippen molar-refractivity contribution in [2.24, 2.45) is 5.92 Å². The van der Waals surface area contributed by atoms with Crippen LogP contribution in [0.2, 0.25) is 5.02 Å². The zero-order valence-electron chi connectivity index (χ0n) is 17.5. The highest BCUT2D eigenvalue weighted by Crippen LogP contribution is 2.23. The van der Waals surface area contributed by atoms with Gasteiger partial charge in [0.05, 0.1) is 21.7 Å². The molecular weight excluding hydrogens is 453 g/mol. The van der Waals surface area contributed by atoms with Gasteiger partial charge in [0, 0.05) is 12.2 Å². The van der Waals surface area contributed by atoms with Gasteiger partial charge in [-0.25, -0.2) is 4.39 Å². The van der Waals surface area contributed by atoms with Crippen molar-refractivity contribution in [3.63, 3.8) is 0 Å². The van der Waals surface area contributed by atoms with Gasteiger partial charge in [0.2, 0.25) is 11.7 Å². The fourth-order valence-corrected chi connectivity index (χ4v) is 4.24. The van der Waals surface area contributed by atoms with Crippen LogP contribution in [-0.4, -0.2) is 30.8 Å². The van der Waals surface area contributed by atoms with Crippen LogP contribution in [0.3, 0.4) is 0 Å². The SMILES string of the molecule is CC(C)CCn1c(=O)c2ccccc2n2c(SCC(=O)Nc3ccc(F)c(Cl)c3)nnc12. The summed E-state index contributed by atoms with van der Waals surface area (Å²) in [5.41, 5.74) is 0.983. The molecule has 1 N–H and O–H groups in total. The number of halogens is 2. The number of fused-ring (bicyclic) bond motifs is 3. The van der Waals surface area contributed by atoms with Crippen molar-refractivity contribution in [3.8, 4) is 0 Å². The van der Waals surface area contributed by atoms with Gasteiger partial charge in [-0.05, 0) is 42.7 Å². The van der Waals surface area contributed by atoms with E-state index < -0.39 is 5.82 Å². The first-order valence-electron chi connectivity index (χ1n) is 10.1. The van der Waals surface area contributed by atoms with E-state index >= 15 is 0 Å². The van der Waals surface area contributed by atoms with E-state index in [1.807, 2.05) is 22.6 Å². The number of amides is 1. The van der Waals surface area contributed by atoms with E-state index in [4.69, 9.17) is 11.6 Å². The Bertz CT molecular complexity index is 1370. The highest BCUT2D eigenvalue weighted by Gasteiger charge is 2.18. The van der Waals surface area contributed by atoms with Crippen molar-refractivity contribution in [3.05, 3.63) is 63.7 Å². The molecule has 2 aromatic carbocycles. The van der Waals surface area contributed by atoms with Gasteiger partial charge in [-0.3, -0.25) is 18.6 Å². The number of nitrogens with zero attached hydrogens (tertiary/aromatic N) is 4. The molecule has 0 aliphatic heterocycles. The Kier molecular flexibility index (Phi) is 6.48. The number of aryl methyl sites for hydroxylation is 1. The lowest BCUT2D eigenvalue weighted by atomic mass is 10.1.